The predicted molar refractivity (Wildman–Crippen MR) is 218 cm³/mol. The van der Waals surface area contributed by atoms with E-state index in [9.17, 15) is 0 Å². The molecule has 1 aliphatic rings. The zero-order valence-corrected chi connectivity index (χ0v) is 28.1. The second-order valence-corrected chi connectivity index (χ2v) is 14.0. The molecule has 0 N–H and O–H groups in total. The molecule has 0 bridgehead atoms. The van der Waals surface area contributed by atoms with E-state index in [2.05, 4.69) is 179 Å². The summed E-state index contributed by atoms with van der Waals surface area (Å²) in [4.78, 5) is 4.81. The third kappa shape index (κ3) is 3.72. The molecule has 0 unspecified atom stereocenters. The number of aromatic nitrogens is 3. The highest BCUT2D eigenvalue weighted by Crippen LogP contribution is 2.48. The van der Waals surface area contributed by atoms with Gasteiger partial charge >= 0.3 is 0 Å². The van der Waals surface area contributed by atoms with Gasteiger partial charge in [0.1, 0.15) is 0 Å². The number of hydrogen-bond acceptors (Lipinski definition) is 1. The van der Waals surface area contributed by atoms with E-state index < -0.39 is 0 Å². The lowest BCUT2D eigenvalue weighted by Crippen LogP contribution is -1.95. The molecule has 0 saturated carbocycles. The number of benzene rings is 8. The van der Waals surface area contributed by atoms with Crippen LogP contribution in [0.15, 0.2) is 176 Å². The first-order valence-corrected chi connectivity index (χ1v) is 17.9. The number of nitrogens with zero attached hydrogens (tertiary/aromatic N) is 3. The molecule has 8 aromatic carbocycles. The summed E-state index contributed by atoms with van der Waals surface area (Å²) in [6.07, 6.45) is 1.90. The Morgan fingerprint density at radius 1 is 0.365 bits per heavy atom. The maximum Gasteiger partial charge on any atom is 0.0786 e. The molecule has 3 aromatic heterocycles. The lowest BCUT2D eigenvalue weighted by atomic mass is 10.00. The van der Waals surface area contributed by atoms with Crippen molar-refractivity contribution in [2.75, 3.05) is 0 Å². The van der Waals surface area contributed by atoms with Crippen LogP contribution in [0.2, 0.25) is 0 Å². The van der Waals surface area contributed by atoms with Crippen LogP contribution in [-0.2, 0) is 0 Å². The molecule has 0 fully saturated rings. The molecular weight excluding hydrogens is 631 g/mol. The van der Waals surface area contributed by atoms with Crippen LogP contribution in [0.3, 0.4) is 0 Å². The summed E-state index contributed by atoms with van der Waals surface area (Å²) in [6, 6.07) is 62.4. The number of pyridine rings is 1. The summed E-state index contributed by atoms with van der Waals surface area (Å²) < 4.78 is 4.87. The van der Waals surface area contributed by atoms with Crippen molar-refractivity contribution in [3.63, 3.8) is 0 Å². The predicted octanol–water partition coefficient (Wildman–Crippen LogP) is 12.9. The van der Waals surface area contributed by atoms with Crippen LogP contribution in [0.1, 0.15) is 0 Å². The number of fused-ring (bicyclic) bond motifs is 11. The third-order valence-corrected chi connectivity index (χ3v) is 11.2. The highest BCUT2D eigenvalue weighted by Gasteiger charge is 2.24. The Hall–Kier alpha value is -6.97. The molecule has 3 nitrogen and oxygen atoms in total. The number of hydrogen-bond donors (Lipinski definition) is 0. The summed E-state index contributed by atoms with van der Waals surface area (Å²) in [6.45, 7) is 0. The minimum Gasteiger partial charge on any atom is -0.309 e. The molecule has 0 aliphatic heterocycles. The van der Waals surface area contributed by atoms with Gasteiger partial charge in [-0.2, -0.15) is 0 Å². The zero-order chi connectivity index (χ0) is 33.9. The van der Waals surface area contributed by atoms with Crippen LogP contribution < -0.4 is 0 Å². The fourth-order valence-corrected chi connectivity index (χ4v) is 9.02. The monoisotopic (exact) mass is 659 g/mol. The zero-order valence-electron chi connectivity index (χ0n) is 28.1. The van der Waals surface area contributed by atoms with Gasteiger partial charge in [0.05, 0.1) is 27.8 Å². The molecule has 3 heteroatoms. The van der Waals surface area contributed by atoms with E-state index in [1.807, 2.05) is 6.20 Å². The average Bonchev–Trinajstić information content (AvgIpc) is 3.84. The van der Waals surface area contributed by atoms with Gasteiger partial charge in [-0.05, 0) is 93.5 Å². The van der Waals surface area contributed by atoms with E-state index in [0.717, 1.165) is 11.4 Å². The Bertz CT molecular complexity index is 3290. The lowest BCUT2D eigenvalue weighted by Gasteiger charge is -2.13. The van der Waals surface area contributed by atoms with Crippen LogP contribution >= 0.6 is 0 Å². The summed E-state index contributed by atoms with van der Waals surface area (Å²) >= 11 is 0. The number of rotatable bonds is 3. The fraction of sp³-hybridized carbons (Fsp3) is 0. The van der Waals surface area contributed by atoms with E-state index >= 15 is 0 Å². The van der Waals surface area contributed by atoms with E-state index in [1.165, 1.54) is 98.7 Å². The first-order chi connectivity index (χ1) is 25.8. The van der Waals surface area contributed by atoms with Crippen molar-refractivity contribution in [1.82, 2.24) is 14.1 Å². The summed E-state index contributed by atoms with van der Waals surface area (Å²) in [7, 11) is 0. The highest BCUT2D eigenvalue weighted by molar-refractivity contribution is 6.21. The number of para-hydroxylation sites is 2. The van der Waals surface area contributed by atoms with Gasteiger partial charge in [0, 0.05) is 55.6 Å². The van der Waals surface area contributed by atoms with Gasteiger partial charge < -0.3 is 9.13 Å². The van der Waals surface area contributed by atoms with E-state index in [4.69, 9.17) is 4.98 Å². The van der Waals surface area contributed by atoms with Crippen LogP contribution in [0.5, 0.6) is 0 Å². The van der Waals surface area contributed by atoms with Crippen LogP contribution in [-0.4, -0.2) is 14.1 Å². The molecule has 0 spiro atoms. The molecular formula is C49H29N3. The highest BCUT2D eigenvalue weighted by atomic mass is 15.0. The van der Waals surface area contributed by atoms with Gasteiger partial charge in [-0.15, -0.1) is 0 Å². The molecule has 0 saturated heterocycles. The Morgan fingerprint density at radius 3 is 1.92 bits per heavy atom. The van der Waals surface area contributed by atoms with Crippen molar-refractivity contribution in [1.29, 1.82) is 0 Å². The van der Waals surface area contributed by atoms with Gasteiger partial charge in [-0.25, -0.2) is 0 Å². The van der Waals surface area contributed by atoms with Gasteiger partial charge in [0.25, 0.3) is 0 Å². The molecule has 12 rings (SSSR count). The first-order valence-electron chi connectivity index (χ1n) is 17.9. The Morgan fingerprint density at radius 2 is 1.06 bits per heavy atom. The van der Waals surface area contributed by atoms with Crippen molar-refractivity contribution in [2.24, 2.45) is 0 Å². The smallest absolute Gasteiger partial charge is 0.0786 e. The van der Waals surface area contributed by atoms with Gasteiger partial charge in [-0.3, -0.25) is 4.98 Å². The molecule has 11 aromatic rings. The van der Waals surface area contributed by atoms with Crippen molar-refractivity contribution < 1.29 is 0 Å². The average molecular weight is 660 g/mol. The van der Waals surface area contributed by atoms with Crippen molar-refractivity contribution in [3.05, 3.63) is 176 Å². The topological polar surface area (TPSA) is 22.8 Å². The Kier molecular flexibility index (Phi) is 5.50. The molecule has 0 radical (unpaired) electrons. The summed E-state index contributed by atoms with van der Waals surface area (Å²) in [5.74, 6) is 0. The van der Waals surface area contributed by atoms with Crippen LogP contribution in [0.4, 0.5) is 0 Å². The summed E-state index contributed by atoms with van der Waals surface area (Å²) in [5.41, 5.74) is 14.4. The second kappa shape index (κ2) is 10.3. The normalized spacial score (nSPS) is 12.2. The van der Waals surface area contributed by atoms with E-state index in [0.29, 0.717) is 0 Å². The molecule has 0 atom stereocenters. The van der Waals surface area contributed by atoms with E-state index in [1.54, 1.807) is 0 Å². The van der Waals surface area contributed by atoms with Crippen molar-refractivity contribution >= 4 is 65.2 Å². The minimum atomic E-state index is 1.07. The molecule has 240 valence electrons. The molecule has 0 amide bonds. The minimum absolute atomic E-state index is 1.07. The van der Waals surface area contributed by atoms with Crippen LogP contribution in [0, 0.1) is 0 Å². The van der Waals surface area contributed by atoms with Gasteiger partial charge in [-0.1, -0.05) is 109 Å². The molecule has 1 aliphatic carbocycles. The fourth-order valence-electron chi connectivity index (χ4n) is 9.02. The first kappa shape index (κ1) is 27.8. The summed E-state index contributed by atoms with van der Waals surface area (Å²) in [5, 5.41) is 10.0. The van der Waals surface area contributed by atoms with Gasteiger partial charge in [0.2, 0.25) is 0 Å². The quantitative estimate of drug-likeness (QED) is 0.185. The SMILES string of the molecule is c1ccc(-n2c3ccccc3c3cc(-c4ccc5c(c4)c4ccc6ccccc6c4n5-c4cc5c6c(cccc6c4)-c4ncccc4-5)ccc32)cc1. The standard InChI is InChI=1S/C49H29N3/c1-2-12-34(13-3-1)51-44-18-7-6-15-37(44)41-27-31(20-23-45(41)51)32-21-24-46-42(28-32)39-22-19-30-10-4-5-14-36(30)49(39)52(46)35-26-33-11-8-16-40-47(33)43(29-35)38-17-9-25-50-48(38)40/h1-29H. The maximum absolute atomic E-state index is 4.81. The van der Waals surface area contributed by atoms with Gasteiger partial charge in [0.15, 0.2) is 0 Å². The van der Waals surface area contributed by atoms with Crippen LogP contribution in [0.25, 0.3) is 110 Å². The largest absolute Gasteiger partial charge is 0.309 e. The Balaban J connectivity index is 1.12. The lowest BCUT2D eigenvalue weighted by molar-refractivity contribution is 1.18. The van der Waals surface area contributed by atoms with E-state index in [-0.39, 0.29) is 0 Å². The van der Waals surface area contributed by atoms with Crippen molar-refractivity contribution in [3.8, 4) is 44.9 Å². The molecule has 52 heavy (non-hydrogen) atoms. The van der Waals surface area contributed by atoms with Crippen molar-refractivity contribution in [2.45, 2.75) is 0 Å². The third-order valence-electron chi connectivity index (χ3n) is 11.2. The second-order valence-electron chi connectivity index (χ2n) is 14.0. The molecule has 3 heterocycles. The Labute approximate surface area is 299 Å². The maximum atomic E-state index is 4.81.